The van der Waals surface area contributed by atoms with Gasteiger partial charge in [-0.3, -0.25) is 9.69 Å². The molecular formula is C32H33NO3S. The van der Waals surface area contributed by atoms with Gasteiger partial charge in [-0.05, 0) is 25.0 Å². The van der Waals surface area contributed by atoms with Crippen molar-refractivity contribution in [1.82, 2.24) is 4.90 Å². The predicted molar refractivity (Wildman–Crippen MR) is 151 cm³/mol. The zero-order chi connectivity index (χ0) is 24.8. The van der Waals surface area contributed by atoms with Gasteiger partial charge in [0, 0.05) is 50.3 Å². The summed E-state index contributed by atoms with van der Waals surface area (Å²) in [5.41, 5.74) is 2.33. The van der Waals surface area contributed by atoms with Gasteiger partial charge in [-0.15, -0.1) is 11.3 Å². The van der Waals surface area contributed by atoms with Crippen LogP contribution in [0, 0.1) is 5.92 Å². The second-order valence-electron chi connectivity index (χ2n) is 10.8. The molecule has 4 nitrogen and oxygen atoms in total. The van der Waals surface area contributed by atoms with E-state index in [0.717, 1.165) is 48.4 Å². The number of thiophene rings is 1. The Balaban J connectivity index is 1.40. The van der Waals surface area contributed by atoms with E-state index >= 15 is 0 Å². The average Bonchev–Trinajstić information content (AvgIpc) is 3.11. The normalized spacial score (nSPS) is 23.6. The molecule has 0 radical (unpaired) electrons. The Kier molecular flexibility index (Phi) is 6.03. The molecule has 7 rings (SSSR count). The number of carbonyl (C=O) groups is 1. The first kappa shape index (κ1) is 23.4. The number of rotatable bonds is 3. The van der Waals surface area contributed by atoms with Crippen molar-refractivity contribution in [2.75, 3.05) is 26.3 Å². The van der Waals surface area contributed by atoms with E-state index in [1.54, 1.807) is 0 Å². The van der Waals surface area contributed by atoms with Crippen LogP contribution in [0.25, 0.3) is 31.3 Å². The highest BCUT2D eigenvalue weighted by Crippen LogP contribution is 2.50. The van der Waals surface area contributed by atoms with Crippen LogP contribution in [-0.2, 0) is 4.74 Å². The Morgan fingerprint density at radius 1 is 0.784 bits per heavy atom. The van der Waals surface area contributed by atoms with Gasteiger partial charge in [0.05, 0.1) is 25.2 Å². The summed E-state index contributed by atoms with van der Waals surface area (Å²) >= 11 is 1.83. The fourth-order valence-corrected chi connectivity index (χ4v) is 8.14. The van der Waals surface area contributed by atoms with Crippen LogP contribution in [0.4, 0.5) is 0 Å². The van der Waals surface area contributed by atoms with Crippen LogP contribution in [0.3, 0.4) is 0 Å². The standard InChI is InChI=1S/C32H33NO3S/c34-28-21-32(33-17-19-35-20-18-33,22-9-3-1-2-4-10-22)36-30-24(12-7-15-27(28)30)26-14-8-13-25-23-11-5-6-16-29(23)37-31(25)26/h5-8,11-16,22H,1-4,9-10,17-21H2. The SMILES string of the molecule is O=C1CC(C2CCCCCC2)(N2CCOCC2)Oc2c1cccc2-c1cccc2c1sc1ccccc12. The first-order valence-corrected chi connectivity index (χ1v) is 14.6. The summed E-state index contributed by atoms with van der Waals surface area (Å²) in [4.78, 5) is 16.4. The minimum atomic E-state index is -0.595. The van der Waals surface area contributed by atoms with Crippen molar-refractivity contribution in [1.29, 1.82) is 0 Å². The van der Waals surface area contributed by atoms with E-state index in [4.69, 9.17) is 9.47 Å². The minimum absolute atomic E-state index is 0.211. The molecule has 5 heteroatoms. The van der Waals surface area contributed by atoms with Gasteiger partial charge in [0.15, 0.2) is 11.5 Å². The molecule has 0 amide bonds. The molecule has 3 aliphatic rings. The third kappa shape index (κ3) is 3.91. The van der Waals surface area contributed by atoms with E-state index in [0.29, 0.717) is 25.6 Å². The van der Waals surface area contributed by atoms with E-state index in [1.807, 2.05) is 23.5 Å². The molecule has 1 saturated carbocycles. The average molecular weight is 512 g/mol. The molecule has 190 valence electrons. The lowest BCUT2D eigenvalue weighted by molar-refractivity contribution is -0.160. The molecule has 1 aromatic heterocycles. The maximum absolute atomic E-state index is 13.9. The van der Waals surface area contributed by atoms with Crippen molar-refractivity contribution in [2.45, 2.75) is 50.7 Å². The van der Waals surface area contributed by atoms with E-state index in [-0.39, 0.29) is 5.78 Å². The van der Waals surface area contributed by atoms with Crippen LogP contribution >= 0.6 is 11.3 Å². The number of carbonyl (C=O) groups excluding carboxylic acids is 1. The number of ether oxygens (including phenoxy) is 2. The second-order valence-corrected chi connectivity index (χ2v) is 11.8. The lowest BCUT2D eigenvalue weighted by atomic mass is 9.80. The largest absolute Gasteiger partial charge is 0.470 e. The smallest absolute Gasteiger partial charge is 0.173 e. The summed E-state index contributed by atoms with van der Waals surface area (Å²) in [7, 11) is 0. The summed E-state index contributed by atoms with van der Waals surface area (Å²) in [5, 5.41) is 2.55. The van der Waals surface area contributed by atoms with E-state index < -0.39 is 5.72 Å². The fraction of sp³-hybridized carbons (Fsp3) is 0.406. The number of hydrogen-bond donors (Lipinski definition) is 0. The molecule has 1 unspecified atom stereocenters. The fourth-order valence-electron chi connectivity index (χ4n) is 6.91. The Morgan fingerprint density at radius 3 is 2.32 bits per heavy atom. The Morgan fingerprint density at radius 2 is 1.49 bits per heavy atom. The lowest BCUT2D eigenvalue weighted by Gasteiger charge is -2.51. The quantitative estimate of drug-likeness (QED) is 0.264. The van der Waals surface area contributed by atoms with Crippen LogP contribution < -0.4 is 4.74 Å². The van der Waals surface area contributed by atoms with Gasteiger partial charge in [0.1, 0.15) is 5.75 Å². The van der Waals surface area contributed by atoms with Gasteiger partial charge in [-0.2, -0.15) is 0 Å². The highest BCUT2D eigenvalue weighted by atomic mass is 32.1. The summed E-state index contributed by atoms with van der Waals surface area (Å²) < 4.78 is 15.6. The highest BCUT2D eigenvalue weighted by molar-refractivity contribution is 7.26. The number of Topliss-reactive ketones (excluding diaryl/α,β-unsaturated/α-hetero) is 1. The van der Waals surface area contributed by atoms with Crippen LogP contribution in [-0.4, -0.2) is 42.7 Å². The van der Waals surface area contributed by atoms with Gasteiger partial charge in [-0.25, -0.2) is 0 Å². The molecule has 3 aromatic carbocycles. The number of benzene rings is 3. The van der Waals surface area contributed by atoms with Crippen LogP contribution in [0.2, 0.25) is 0 Å². The van der Waals surface area contributed by atoms with E-state index in [9.17, 15) is 4.79 Å². The first-order chi connectivity index (χ1) is 18.2. The molecule has 1 saturated heterocycles. The maximum atomic E-state index is 13.9. The third-order valence-electron chi connectivity index (χ3n) is 8.74. The van der Waals surface area contributed by atoms with Crippen molar-refractivity contribution in [3.05, 3.63) is 66.2 Å². The van der Waals surface area contributed by atoms with Crippen molar-refractivity contribution in [2.24, 2.45) is 5.92 Å². The monoisotopic (exact) mass is 511 g/mol. The third-order valence-corrected chi connectivity index (χ3v) is 9.96. The molecule has 1 aliphatic carbocycles. The number of morpholine rings is 1. The number of hydrogen-bond acceptors (Lipinski definition) is 5. The van der Waals surface area contributed by atoms with Gasteiger partial charge in [0.25, 0.3) is 0 Å². The lowest BCUT2D eigenvalue weighted by Crippen LogP contribution is -2.63. The summed E-state index contributed by atoms with van der Waals surface area (Å²) in [6, 6.07) is 21.3. The molecule has 0 bridgehead atoms. The van der Waals surface area contributed by atoms with Crippen LogP contribution in [0.1, 0.15) is 55.3 Å². The molecule has 1 atom stereocenters. The first-order valence-electron chi connectivity index (χ1n) is 13.8. The van der Waals surface area contributed by atoms with E-state index in [2.05, 4.69) is 53.4 Å². The van der Waals surface area contributed by atoms with Crippen molar-refractivity contribution in [3.8, 4) is 16.9 Å². The van der Waals surface area contributed by atoms with Crippen molar-refractivity contribution < 1.29 is 14.3 Å². The van der Waals surface area contributed by atoms with Crippen molar-refractivity contribution >= 4 is 37.3 Å². The van der Waals surface area contributed by atoms with Gasteiger partial charge in [0.2, 0.25) is 0 Å². The maximum Gasteiger partial charge on any atom is 0.173 e. The molecule has 2 aliphatic heterocycles. The number of nitrogens with zero attached hydrogens (tertiary/aromatic N) is 1. The number of fused-ring (bicyclic) bond motifs is 4. The topological polar surface area (TPSA) is 38.8 Å². The second kappa shape index (κ2) is 9.54. The van der Waals surface area contributed by atoms with Crippen molar-refractivity contribution in [3.63, 3.8) is 0 Å². The number of ketones is 1. The van der Waals surface area contributed by atoms with Crippen LogP contribution in [0.5, 0.6) is 5.75 Å². The molecule has 3 heterocycles. The zero-order valence-electron chi connectivity index (χ0n) is 21.2. The molecule has 37 heavy (non-hydrogen) atoms. The Bertz CT molecular complexity index is 1460. The molecular weight excluding hydrogens is 478 g/mol. The van der Waals surface area contributed by atoms with Gasteiger partial charge in [-0.1, -0.05) is 74.2 Å². The number of para-hydroxylation sites is 1. The minimum Gasteiger partial charge on any atom is -0.470 e. The van der Waals surface area contributed by atoms with Gasteiger partial charge >= 0.3 is 0 Å². The molecule has 2 fully saturated rings. The molecule has 0 spiro atoms. The molecule has 0 N–H and O–H groups in total. The summed E-state index contributed by atoms with van der Waals surface area (Å²) in [6.07, 6.45) is 7.65. The van der Waals surface area contributed by atoms with Crippen LogP contribution in [0.15, 0.2) is 60.7 Å². The predicted octanol–water partition coefficient (Wildman–Crippen LogP) is 7.69. The highest BCUT2D eigenvalue weighted by Gasteiger charge is 2.51. The zero-order valence-corrected chi connectivity index (χ0v) is 22.0. The van der Waals surface area contributed by atoms with E-state index in [1.165, 1.54) is 45.9 Å². The summed E-state index contributed by atoms with van der Waals surface area (Å²) in [5.74, 6) is 1.33. The van der Waals surface area contributed by atoms with Gasteiger partial charge < -0.3 is 9.47 Å². The Hall–Kier alpha value is -2.73. The summed E-state index contributed by atoms with van der Waals surface area (Å²) in [6.45, 7) is 3.02. The Labute approximate surface area is 222 Å². The molecule has 4 aromatic rings.